The first-order chi connectivity index (χ1) is 6.36. The summed E-state index contributed by atoms with van der Waals surface area (Å²) in [4.78, 5) is 11.1. The van der Waals surface area contributed by atoms with Gasteiger partial charge in [-0.3, -0.25) is 4.79 Å². The summed E-state index contributed by atoms with van der Waals surface area (Å²) in [6, 6.07) is 0. The Kier molecular flexibility index (Phi) is 3.13. The summed E-state index contributed by atoms with van der Waals surface area (Å²) in [7, 11) is -4.13. The lowest BCUT2D eigenvalue weighted by molar-refractivity contribution is -0.135. The SMILES string of the molecule is NC(=O)C1(OS(N)(=O)=O)CCCCC1. The van der Waals surface area contributed by atoms with Crippen LogP contribution in [0.4, 0.5) is 0 Å². The summed E-state index contributed by atoms with van der Waals surface area (Å²) < 4.78 is 26.1. The molecule has 4 N–H and O–H groups in total. The quantitative estimate of drug-likeness (QED) is 0.663. The van der Waals surface area contributed by atoms with Gasteiger partial charge in [0.2, 0.25) is 0 Å². The van der Waals surface area contributed by atoms with E-state index in [-0.39, 0.29) is 0 Å². The third-order valence-electron chi connectivity index (χ3n) is 2.39. The smallest absolute Gasteiger partial charge is 0.334 e. The first-order valence-electron chi connectivity index (χ1n) is 4.39. The number of rotatable bonds is 3. The first-order valence-corrected chi connectivity index (χ1v) is 5.86. The van der Waals surface area contributed by atoms with Gasteiger partial charge in [-0.25, -0.2) is 9.32 Å². The van der Waals surface area contributed by atoms with Gasteiger partial charge in [0.15, 0.2) is 5.60 Å². The highest BCUT2D eigenvalue weighted by molar-refractivity contribution is 7.84. The summed E-state index contributed by atoms with van der Waals surface area (Å²) in [6.45, 7) is 0. The molecule has 6 nitrogen and oxygen atoms in total. The number of carbonyl (C=O) groups is 1. The summed E-state index contributed by atoms with van der Waals surface area (Å²) in [6.07, 6.45) is 3.03. The van der Waals surface area contributed by atoms with E-state index in [1.165, 1.54) is 0 Å². The predicted molar refractivity (Wildman–Crippen MR) is 49.2 cm³/mol. The fourth-order valence-corrected chi connectivity index (χ4v) is 2.41. The summed E-state index contributed by atoms with van der Waals surface area (Å²) >= 11 is 0. The molecule has 0 radical (unpaired) electrons. The van der Waals surface area contributed by atoms with E-state index in [1.54, 1.807) is 0 Å². The average molecular weight is 222 g/mol. The van der Waals surface area contributed by atoms with Crippen LogP contribution < -0.4 is 10.9 Å². The van der Waals surface area contributed by atoms with E-state index in [1.807, 2.05) is 0 Å². The zero-order chi connectivity index (χ0) is 10.8. The maximum atomic E-state index is 11.1. The molecular weight excluding hydrogens is 208 g/mol. The Labute approximate surface area is 82.8 Å². The van der Waals surface area contributed by atoms with Gasteiger partial charge >= 0.3 is 10.3 Å². The van der Waals surface area contributed by atoms with Crippen LogP contribution in [0.2, 0.25) is 0 Å². The van der Waals surface area contributed by atoms with Crippen molar-refractivity contribution in [2.24, 2.45) is 10.9 Å². The molecule has 1 amide bonds. The van der Waals surface area contributed by atoms with Gasteiger partial charge in [0.1, 0.15) is 0 Å². The van der Waals surface area contributed by atoms with Crippen molar-refractivity contribution in [3.05, 3.63) is 0 Å². The van der Waals surface area contributed by atoms with Gasteiger partial charge < -0.3 is 5.73 Å². The molecule has 0 unspecified atom stereocenters. The molecule has 0 aromatic carbocycles. The highest BCUT2D eigenvalue weighted by Crippen LogP contribution is 2.32. The lowest BCUT2D eigenvalue weighted by atomic mass is 9.84. The molecule has 0 heterocycles. The molecule has 7 heteroatoms. The minimum atomic E-state index is -4.13. The molecular formula is C7H14N2O4S. The molecule has 0 spiro atoms. The van der Waals surface area contributed by atoms with E-state index in [4.69, 9.17) is 10.9 Å². The van der Waals surface area contributed by atoms with Crippen LogP contribution >= 0.6 is 0 Å². The Morgan fingerprint density at radius 1 is 1.21 bits per heavy atom. The third kappa shape index (κ3) is 2.66. The van der Waals surface area contributed by atoms with Gasteiger partial charge in [-0.2, -0.15) is 8.42 Å². The average Bonchev–Trinajstić information content (AvgIpc) is 2.02. The van der Waals surface area contributed by atoms with E-state index >= 15 is 0 Å². The summed E-state index contributed by atoms with van der Waals surface area (Å²) in [5, 5.41) is 4.73. The molecule has 0 bridgehead atoms. The predicted octanol–water partition coefficient (Wildman–Crippen LogP) is -0.605. The number of hydrogen-bond donors (Lipinski definition) is 2. The Bertz CT molecular complexity index is 319. The lowest BCUT2D eigenvalue weighted by Gasteiger charge is -2.32. The van der Waals surface area contributed by atoms with Gasteiger partial charge in [0.25, 0.3) is 5.91 Å². The van der Waals surface area contributed by atoms with Gasteiger partial charge in [-0.05, 0) is 25.7 Å². The van der Waals surface area contributed by atoms with E-state index in [0.29, 0.717) is 12.8 Å². The molecule has 14 heavy (non-hydrogen) atoms. The fraction of sp³-hybridized carbons (Fsp3) is 0.857. The Morgan fingerprint density at radius 2 is 1.71 bits per heavy atom. The van der Waals surface area contributed by atoms with Crippen molar-refractivity contribution >= 4 is 16.2 Å². The van der Waals surface area contributed by atoms with Crippen LogP contribution in [-0.2, 0) is 19.3 Å². The van der Waals surface area contributed by atoms with Gasteiger partial charge in [0, 0.05) is 0 Å². The molecule has 0 saturated heterocycles. The maximum Gasteiger partial charge on any atom is 0.334 e. The molecule has 0 aliphatic heterocycles. The zero-order valence-corrected chi connectivity index (χ0v) is 8.55. The van der Waals surface area contributed by atoms with Gasteiger partial charge in [-0.1, -0.05) is 6.42 Å². The first kappa shape index (κ1) is 11.4. The normalized spacial score (nSPS) is 21.8. The van der Waals surface area contributed by atoms with Crippen molar-refractivity contribution < 1.29 is 17.4 Å². The number of primary amides is 1. The minimum Gasteiger partial charge on any atom is -0.367 e. The summed E-state index contributed by atoms with van der Waals surface area (Å²) in [5.74, 6) is -0.758. The van der Waals surface area contributed by atoms with Crippen LogP contribution in [-0.4, -0.2) is 19.9 Å². The molecule has 1 rings (SSSR count). The van der Waals surface area contributed by atoms with Crippen LogP contribution in [0.1, 0.15) is 32.1 Å². The van der Waals surface area contributed by atoms with Crippen molar-refractivity contribution in [2.75, 3.05) is 0 Å². The van der Waals surface area contributed by atoms with Crippen LogP contribution in [0.15, 0.2) is 0 Å². The molecule has 0 atom stereocenters. The lowest BCUT2D eigenvalue weighted by Crippen LogP contribution is -2.50. The topological polar surface area (TPSA) is 112 Å². The Hall–Kier alpha value is -0.660. The van der Waals surface area contributed by atoms with E-state index in [2.05, 4.69) is 4.18 Å². The van der Waals surface area contributed by atoms with Crippen molar-refractivity contribution in [1.29, 1.82) is 0 Å². The maximum absolute atomic E-state index is 11.1. The number of carbonyl (C=O) groups excluding carboxylic acids is 1. The zero-order valence-electron chi connectivity index (χ0n) is 7.73. The Balaban J connectivity index is 2.87. The van der Waals surface area contributed by atoms with Crippen molar-refractivity contribution in [1.82, 2.24) is 0 Å². The third-order valence-corrected chi connectivity index (χ3v) is 2.94. The number of amides is 1. The van der Waals surface area contributed by atoms with Gasteiger partial charge in [0.05, 0.1) is 0 Å². The molecule has 1 saturated carbocycles. The highest BCUT2D eigenvalue weighted by atomic mass is 32.2. The second kappa shape index (κ2) is 3.84. The van der Waals surface area contributed by atoms with E-state index in [9.17, 15) is 13.2 Å². The molecule has 82 valence electrons. The van der Waals surface area contributed by atoms with Crippen molar-refractivity contribution in [2.45, 2.75) is 37.7 Å². The van der Waals surface area contributed by atoms with Crippen LogP contribution in [0.3, 0.4) is 0 Å². The van der Waals surface area contributed by atoms with Gasteiger partial charge in [-0.15, -0.1) is 0 Å². The monoisotopic (exact) mass is 222 g/mol. The molecule has 1 fully saturated rings. The van der Waals surface area contributed by atoms with E-state index < -0.39 is 21.8 Å². The molecule has 0 aromatic heterocycles. The van der Waals surface area contributed by atoms with Crippen molar-refractivity contribution in [3.63, 3.8) is 0 Å². The standard InChI is InChI=1S/C7H14N2O4S/c8-6(10)7(13-14(9,11)12)4-2-1-3-5-7/h1-5H2,(H2,8,10)(H2,9,11,12). The van der Waals surface area contributed by atoms with Crippen LogP contribution in [0, 0.1) is 0 Å². The second-order valence-electron chi connectivity index (χ2n) is 3.50. The number of hydrogen-bond acceptors (Lipinski definition) is 4. The van der Waals surface area contributed by atoms with Crippen LogP contribution in [0.25, 0.3) is 0 Å². The Morgan fingerprint density at radius 3 is 2.07 bits per heavy atom. The molecule has 1 aliphatic carbocycles. The highest BCUT2D eigenvalue weighted by Gasteiger charge is 2.42. The van der Waals surface area contributed by atoms with Crippen LogP contribution in [0.5, 0.6) is 0 Å². The number of nitrogens with two attached hydrogens (primary N) is 2. The van der Waals surface area contributed by atoms with Crippen molar-refractivity contribution in [3.8, 4) is 0 Å². The fourth-order valence-electron chi connectivity index (χ4n) is 1.72. The molecule has 0 aromatic rings. The minimum absolute atomic E-state index is 0.318. The second-order valence-corrected chi connectivity index (χ2v) is 4.65. The largest absolute Gasteiger partial charge is 0.367 e. The summed E-state index contributed by atoms with van der Waals surface area (Å²) in [5.41, 5.74) is 3.71. The molecule has 1 aliphatic rings. The van der Waals surface area contributed by atoms with E-state index in [0.717, 1.165) is 19.3 Å².